The van der Waals surface area contributed by atoms with Crippen LogP contribution in [-0.4, -0.2) is 40.4 Å². The zero-order valence-electron chi connectivity index (χ0n) is 16.5. The van der Waals surface area contributed by atoms with E-state index in [-0.39, 0.29) is 37.6 Å². The van der Waals surface area contributed by atoms with Crippen molar-refractivity contribution < 1.29 is 35.5 Å². The normalized spacial score (nSPS) is 14.7. The minimum atomic E-state index is -4.34. The number of aromatic carboxylic acids is 1. The van der Waals surface area contributed by atoms with Crippen molar-refractivity contribution in [3.8, 4) is 11.3 Å². The Morgan fingerprint density at radius 3 is 2.10 bits per heavy atom. The molecule has 1 aliphatic carbocycles. The highest BCUT2D eigenvalue weighted by molar-refractivity contribution is 8.09. The van der Waals surface area contributed by atoms with Crippen LogP contribution in [0.15, 0.2) is 40.8 Å². The van der Waals surface area contributed by atoms with Crippen molar-refractivity contribution in [1.82, 2.24) is 0 Å². The predicted molar refractivity (Wildman–Crippen MR) is 113 cm³/mol. The zero-order valence-corrected chi connectivity index (χ0v) is 18.1. The molecule has 1 heterocycles. The topological polar surface area (TPSA) is 122 Å². The number of furan rings is 1. The molecule has 2 aromatic carbocycles. The van der Waals surface area contributed by atoms with Crippen LogP contribution in [0, 0.1) is 5.82 Å². The lowest BCUT2D eigenvalue weighted by atomic mass is 10.00. The summed E-state index contributed by atoms with van der Waals surface area (Å²) in [6, 6.07) is 7.96. The monoisotopic (exact) mass is 467 g/mol. The molecule has 0 radical (unpaired) electrons. The van der Waals surface area contributed by atoms with E-state index in [1.165, 1.54) is 18.2 Å². The third kappa shape index (κ3) is 3.79. The Labute approximate surface area is 178 Å². The molecule has 1 saturated carbocycles. The summed E-state index contributed by atoms with van der Waals surface area (Å²) in [5, 5.41) is 9.84. The number of anilines is 1. The fourth-order valence-corrected chi connectivity index (χ4v) is 6.72. The van der Waals surface area contributed by atoms with Crippen LogP contribution in [0.1, 0.15) is 34.7 Å². The van der Waals surface area contributed by atoms with Crippen LogP contribution in [0.3, 0.4) is 0 Å². The van der Waals surface area contributed by atoms with Gasteiger partial charge >= 0.3 is 5.97 Å². The second-order valence-corrected chi connectivity index (χ2v) is 11.4. The maximum atomic E-state index is 13.4. The van der Waals surface area contributed by atoms with Gasteiger partial charge in [-0.05, 0) is 54.7 Å². The van der Waals surface area contributed by atoms with E-state index >= 15 is 0 Å². The van der Waals surface area contributed by atoms with Crippen LogP contribution >= 0.6 is 0 Å². The average Bonchev–Trinajstić information content (AvgIpc) is 3.39. The van der Waals surface area contributed by atoms with Crippen LogP contribution in [0.2, 0.25) is 0 Å². The number of fused-ring (bicyclic) bond motifs is 1. The summed E-state index contributed by atoms with van der Waals surface area (Å²) in [4.78, 5) is 12.3. The van der Waals surface area contributed by atoms with Crippen LogP contribution in [0.25, 0.3) is 22.3 Å². The molecule has 4 rings (SSSR count). The minimum absolute atomic E-state index is 0.00780. The van der Waals surface area contributed by atoms with Gasteiger partial charge in [0.1, 0.15) is 22.7 Å². The van der Waals surface area contributed by atoms with E-state index in [0.29, 0.717) is 18.4 Å². The van der Waals surface area contributed by atoms with Gasteiger partial charge in [-0.25, -0.2) is 26.0 Å². The first-order chi connectivity index (χ1) is 14.4. The van der Waals surface area contributed by atoms with Gasteiger partial charge in [0.2, 0.25) is 20.0 Å². The number of sulfonamides is 2. The molecule has 1 aromatic heterocycles. The van der Waals surface area contributed by atoms with Crippen LogP contribution in [-0.2, 0) is 20.0 Å². The Kier molecular flexibility index (Phi) is 4.85. The molecule has 11 heteroatoms. The number of carboxylic acids is 1. The second kappa shape index (κ2) is 7.06. The first kappa shape index (κ1) is 21.3. The van der Waals surface area contributed by atoms with Crippen molar-refractivity contribution in [2.45, 2.75) is 18.8 Å². The predicted octanol–water partition coefficient (Wildman–Crippen LogP) is 3.54. The number of hydrogen-bond acceptors (Lipinski definition) is 6. The summed E-state index contributed by atoms with van der Waals surface area (Å²) in [5.74, 6) is -2.20. The molecular formula is C20H18FNO7S2. The number of hydrogen-bond donors (Lipinski definition) is 1. The number of rotatable bonds is 6. The average molecular weight is 467 g/mol. The van der Waals surface area contributed by atoms with E-state index in [9.17, 15) is 31.1 Å². The third-order valence-corrected chi connectivity index (χ3v) is 8.18. The molecular weight excluding hydrogens is 449 g/mol. The van der Waals surface area contributed by atoms with Crippen molar-refractivity contribution in [2.75, 3.05) is 16.2 Å². The summed E-state index contributed by atoms with van der Waals surface area (Å²) in [6.45, 7) is 0. The van der Waals surface area contributed by atoms with Gasteiger partial charge in [0, 0.05) is 5.56 Å². The number of halogens is 1. The molecule has 1 N–H and O–H groups in total. The van der Waals surface area contributed by atoms with Gasteiger partial charge in [-0.1, -0.05) is 6.07 Å². The molecule has 0 unspecified atom stereocenters. The zero-order chi connectivity index (χ0) is 22.7. The number of nitrogens with zero attached hydrogens (tertiary/aromatic N) is 1. The van der Waals surface area contributed by atoms with E-state index in [0.717, 1.165) is 24.6 Å². The van der Waals surface area contributed by atoms with Crippen molar-refractivity contribution >= 4 is 42.7 Å². The lowest BCUT2D eigenvalue weighted by Crippen LogP contribution is -2.36. The summed E-state index contributed by atoms with van der Waals surface area (Å²) in [6.07, 6.45) is 2.91. The van der Waals surface area contributed by atoms with Crippen LogP contribution in [0.4, 0.5) is 10.1 Å². The highest BCUT2D eigenvalue weighted by atomic mass is 32.3. The molecule has 0 atom stereocenters. The van der Waals surface area contributed by atoms with Crippen molar-refractivity contribution in [2.24, 2.45) is 0 Å². The van der Waals surface area contributed by atoms with Crippen molar-refractivity contribution in [3.05, 3.63) is 53.3 Å². The summed E-state index contributed by atoms with van der Waals surface area (Å²) in [7, 11) is -8.68. The molecule has 0 aliphatic heterocycles. The smallest absolute Gasteiger partial charge is 0.340 e. The molecule has 164 valence electrons. The van der Waals surface area contributed by atoms with E-state index in [1.807, 2.05) is 0 Å². The first-order valence-electron chi connectivity index (χ1n) is 9.18. The number of benzene rings is 2. The summed E-state index contributed by atoms with van der Waals surface area (Å²) >= 11 is 0. The highest BCUT2D eigenvalue weighted by Crippen LogP contribution is 2.50. The fraction of sp³-hybridized carbons (Fsp3) is 0.250. The van der Waals surface area contributed by atoms with Gasteiger partial charge in [0.05, 0.1) is 23.6 Å². The standard InChI is InChI=1S/C20H18FNO7S2/c1-30(25,26)22(31(2,27)28)18-14(11-3-4-11)9-10-15-16(18)17(20(23)24)19(29-15)12-5-7-13(21)8-6-12/h5-11H,3-4H2,1-2H3,(H,23,24). The molecule has 0 saturated heterocycles. The second-order valence-electron chi connectivity index (χ2n) is 7.49. The Morgan fingerprint density at radius 1 is 1.03 bits per heavy atom. The molecule has 1 aliphatic rings. The van der Waals surface area contributed by atoms with Gasteiger partial charge in [-0.3, -0.25) is 0 Å². The van der Waals surface area contributed by atoms with Gasteiger partial charge in [-0.15, -0.1) is 0 Å². The fourth-order valence-electron chi connectivity index (χ4n) is 3.70. The van der Waals surface area contributed by atoms with Crippen LogP contribution in [0.5, 0.6) is 0 Å². The Balaban J connectivity index is 2.17. The SMILES string of the molecule is CS(=O)(=O)N(c1c(C2CC2)ccc2oc(-c3ccc(F)cc3)c(C(=O)O)c12)S(C)(=O)=O. The molecule has 8 nitrogen and oxygen atoms in total. The highest BCUT2D eigenvalue weighted by Gasteiger charge is 2.39. The lowest BCUT2D eigenvalue weighted by molar-refractivity contribution is 0.0699. The maximum Gasteiger partial charge on any atom is 0.340 e. The van der Waals surface area contributed by atoms with Crippen LogP contribution < -0.4 is 3.71 Å². The number of carbonyl (C=O) groups is 1. The van der Waals surface area contributed by atoms with Crippen molar-refractivity contribution in [3.63, 3.8) is 0 Å². The Morgan fingerprint density at radius 2 is 1.61 bits per heavy atom. The third-order valence-electron chi connectivity index (χ3n) is 4.98. The van der Waals surface area contributed by atoms with E-state index in [4.69, 9.17) is 4.42 Å². The van der Waals surface area contributed by atoms with Gasteiger partial charge in [-0.2, -0.15) is 3.71 Å². The number of carboxylic acid groups (broad SMARTS) is 1. The van der Waals surface area contributed by atoms with E-state index < -0.39 is 37.4 Å². The first-order valence-corrected chi connectivity index (χ1v) is 12.9. The molecule has 0 amide bonds. The van der Waals surface area contributed by atoms with Gasteiger partial charge < -0.3 is 9.52 Å². The quantitative estimate of drug-likeness (QED) is 0.588. The molecule has 0 spiro atoms. The Bertz CT molecular complexity index is 1390. The van der Waals surface area contributed by atoms with E-state index in [1.54, 1.807) is 6.07 Å². The minimum Gasteiger partial charge on any atom is -0.478 e. The van der Waals surface area contributed by atoms with Crippen molar-refractivity contribution in [1.29, 1.82) is 0 Å². The summed E-state index contributed by atoms with van der Waals surface area (Å²) in [5.41, 5.74) is 0.0424. The molecule has 1 fully saturated rings. The maximum absolute atomic E-state index is 13.4. The Hall–Kier alpha value is -2.92. The molecule has 0 bridgehead atoms. The molecule has 3 aromatic rings. The van der Waals surface area contributed by atoms with Gasteiger partial charge in [0.25, 0.3) is 0 Å². The largest absolute Gasteiger partial charge is 0.478 e. The van der Waals surface area contributed by atoms with E-state index in [2.05, 4.69) is 0 Å². The lowest BCUT2D eigenvalue weighted by Gasteiger charge is -2.23. The van der Waals surface area contributed by atoms with Gasteiger partial charge in [0.15, 0.2) is 0 Å². The summed E-state index contributed by atoms with van der Waals surface area (Å²) < 4.78 is 69.5. The molecule has 31 heavy (non-hydrogen) atoms.